The van der Waals surface area contributed by atoms with Crippen molar-refractivity contribution in [2.75, 3.05) is 6.26 Å². The minimum atomic E-state index is -3.54. The largest absolute Gasteiger partial charge is 0.276 e. The molecule has 1 atom stereocenters. The van der Waals surface area contributed by atoms with Crippen LogP contribution in [0.15, 0.2) is 22.1 Å². The molecule has 0 aromatic heterocycles. The molecule has 2 aliphatic carbocycles. The number of allylic oxidation sites excluding steroid dienone is 3. The Hall–Kier alpha value is -0.720. The Morgan fingerprint density at radius 1 is 1.27 bits per heavy atom. The monoisotopic (exact) mass is 362 g/mol. The molecule has 2 aliphatic rings. The zero-order valence-corrected chi connectivity index (χ0v) is 15.0. The lowest BCUT2D eigenvalue weighted by Crippen LogP contribution is -2.30. The minimum absolute atomic E-state index is 0.0700. The summed E-state index contributed by atoms with van der Waals surface area (Å²) >= 11 is 5.86. The van der Waals surface area contributed by atoms with Gasteiger partial charge in [0, 0.05) is 17.7 Å². The Bertz CT molecular complexity index is 706. The standard InChI is InChI=1S/C15H19ClO4S2/c1-9-11(15(16)17)8-12(22(2,19)20)13(14(9)21-18)10-6-4-3-5-7-10/h8-10H,3-7H2,1-2H3. The number of hydrogen-bond acceptors (Lipinski definition) is 4. The van der Waals surface area contributed by atoms with Gasteiger partial charge in [-0.2, -0.15) is 0 Å². The van der Waals surface area contributed by atoms with Gasteiger partial charge in [0.05, 0.1) is 21.0 Å². The molecule has 1 fully saturated rings. The fourth-order valence-electron chi connectivity index (χ4n) is 3.28. The van der Waals surface area contributed by atoms with E-state index in [0.29, 0.717) is 10.4 Å². The first kappa shape index (κ1) is 17.6. The first-order chi connectivity index (χ1) is 10.3. The van der Waals surface area contributed by atoms with E-state index in [4.69, 9.17) is 11.6 Å². The lowest BCUT2D eigenvalue weighted by Gasteiger charge is -2.31. The maximum absolute atomic E-state index is 12.2. The fraction of sp³-hybridized carbons (Fsp3) is 0.600. The van der Waals surface area contributed by atoms with Crippen LogP contribution in [0.4, 0.5) is 0 Å². The Labute approximate surface area is 139 Å². The van der Waals surface area contributed by atoms with Crippen molar-refractivity contribution in [3.63, 3.8) is 0 Å². The van der Waals surface area contributed by atoms with Crippen molar-refractivity contribution in [2.24, 2.45) is 11.8 Å². The molecule has 0 saturated heterocycles. The van der Waals surface area contributed by atoms with Crippen LogP contribution in [0.5, 0.6) is 0 Å². The highest BCUT2D eigenvalue weighted by atomic mass is 35.5. The smallest absolute Gasteiger partial charge is 0.249 e. The lowest BCUT2D eigenvalue weighted by atomic mass is 9.77. The second-order valence-electron chi connectivity index (χ2n) is 5.93. The van der Waals surface area contributed by atoms with Crippen LogP contribution in [0.2, 0.25) is 0 Å². The third kappa shape index (κ3) is 3.44. The van der Waals surface area contributed by atoms with Crippen molar-refractivity contribution in [1.29, 1.82) is 0 Å². The first-order valence-corrected chi connectivity index (χ1v) is 10.3. The molecule has 2 rings (SSSR count). The van der Waals surface area contributed by atoms with Gasteiger partial charge in [-0.25, -0.2) is 12.6 Å². The van der Waals surface area contributed by atoms with Crippen molar-refractivity contribution in [2.45, 2.75) is 39.0 Å². The summed E-state index contributed by atoms with van der Waals surface area (Å²) in [6, 6.07) is 0. The third-order valence-corrected chi connectivity index (χ3v) is 6.51. The molecule has 0 aliphatic heterocycles. The molecule has 0 amide bonds. The molecule has 22 heavy (non-hydrogen) atoms. The molecule has 122 valence electrons. The van der Waals surface area contributed by atoms with Crippen LogP contribution in [0, 0.1) is 11.8 Å². The summed E-state index contributed by atoms with van der Waals surface area (Å²) in [5.41, 5.74) is 0.802. The van der Waals surface area contributed by atoms with E-state index in [9.17, 15) is 17.4 Å². The number of sulfone groups is 1. The van der Waals surface area contributed by atoms with E-state index < -0.39 is 21.0 Å². The van der Waals surface area contributed by atoms with Crippen molar-refractivity contribution >= 4 is 42.8 Å². The van der Waals surface area contributed by atoms with Gasteiger partial charge in [-0.1, -0.05) is 26.2 Å². The number of halogens is 1. The van der Waals surface area contributed by atoms with Crippen LogP contribution in [0.1, 0.15) is 39.0 Å². The summed E-state index contributed by atoms with van der Waals surface area (Å²) in [5, 5.41) is -0.706. The molecule has 1 unspecified atom stereocenters. The molecule has 0 radical (unpaired) electrons. The molecule has 7 heteroatoms. The van der Waals surface area contributed by atoms with Crippen molar-refractivity contribution in [3.8, 4) is 0 Å². The second-order valence-corrected chi connectivity index (χ2v) is 8.86. The molecular weight excluding hydrogens is 344 g/mol. The van der Waals surface area contributed by atoms with Gasteiger partial charge in [0.15, 0.2) is 9.84 Å². The highest BCUT2D eigenvalue weighted by Crippen LogP contribution is 2.39. The summed E-state index contributed by atoms with van der Waals surface area (Å²) in [6.45, 7) is 1.73. The Morgan fingerprint density at radius 2 is 1.86 bits per heavy atom. The Morgan fingerprint density at radius 3 is 2.32 bits per heavy atom. The fourth-order valence-corrected chi connectivity index (χ4v) is 5.22. The average Bonchev–Trinajstić information content (AvgIpc) is 2.45. The predicted molar refractivity (Wildman–Crippen MR) is 89.7 cm³/mol. The number of carbonyl (C=O) groups excluding carboxylic acids is 1. The van der Waals surface area contributed by atoms with Gasteiger partial charge in [0.25, 0.3) is 0 Å². The normalized spacial score (nSPS) is 24.2. The van der Waals surface area contributed by atoms with Crippen LogP contribution in [-0.4, -0.2) is 29.0 Å². The zero-order chi connectivity index (χ0) is 16.5. The van der Waals surface area contributed by atoms with Crippen LogP contribution >= 0.6 is 11.6 Å². The topological polar surface area (TPSA) is 68.3 Å². The number of hydrogen-bond donors (Lipinski definition) is 0. The van der Waals surface area contributed by atoms with E-state index >= 15 is 0 Å². The maximum atomic E-state index is 12.2. The Kier molecular flexibility index (Phi) is 5.45. The molecule has 1 saturated carbocycles. The average molecular weight is 363 g/mol. The summed E-state index contributed by atoms with van der Waals surface area (Å²) in [4.78, 5) is 12.1. The van der Waals surface area contributed by atoms with Gasteiger partial charge < -0.3 is 0 Å². The van der Waals surface area contributed by atoms with E-state index in [2.05, 4.69) is 0 Å². The highest BCUT2D eigenvalue weighted by molar-refractivity contribution is 7.94. The van der Waals surface area contributed by atoms with Crippen LogP contribution < -0.4 is 0 Å². The summed E-state index contributed by atoms with van der Waals surface area (Å²) < 4.78 is 36.0. The molecule has 0 heterocycles. The predicted octanol–water partition coefficient (Wildman–Crippen LogP) is 2.59. The first-order valence-electron chi connectivity index (χ1n) is 7.30. The molecule has 0 aromatic carbocycles. The third-order valence-electron chi connectivity index (χ3n) is 4.41. The summed E-state index contributed by atoms with van der Waals surface area (Å²) in [7, 11) is -3.54. The van der Waals surface area contributed by atoms with Gasteiger partial charge in [-0.15, -0.1) is 0 Å². The summed E-state index contributed by atoms with van der Waals surface area (Å²) in [5.74, 6) is -0.379. The quantitative estimate of drug-likeness (QED) is 0.571. The van der Waals surface area contributed by atoms with Gasteiger partial charge in [0.2, 0.25) is 5.24 Å². The van der Waals surface area contributed by atoms with E-state index in [1.165, 1.54) is 6.08 Å². The van der Waals surface area contributed by atoms with Crippen molar-refractivity contribution in [1.82, 2.24) is 0 Å². The molecule has 0 aromatic rings. The van der Waals surface area contributed by atoms with Gasteiger partial charge in [0.1, 0.15) is 0 Å². The molecular formula is C15H19ClO4S2. The lowest BCUT2D eigenvalue weighted by molar-refractivity contribution is -0.108. The van der Waals surface area contributed by atoms with Gasteiger partial charge in [-0.3, -0.25) is 4.79 Å². The van der Waals surface area contributed by atoms with Crippen molar-refractivity contribution < 1.29 is 17.4 Å². The van der Waals surface area contributed by atoms with Crippen molar-refractivity contribution in [3.05, 3.63) is 22.1 Å². The van der Waals surface area contributed by atoms with E-state index in [-0.39, 0.29) is 27.7 Å². The molecule has 0 N–H and O–H groups in total. The maximum Gasteiger partial charge on any atom is 0.249 e. The van der Waals surface area contributed by atoms with Gasteiger partial charge in [-0.05, 0) is 42.0 Å². The Balaban J connectivity index is 2.72. The molecule has 4 nitrogen and oxygen atoms in total. The van der Waals surface area contributed by atoms with E-state index in [1.807, 2.05) is 0 Å². The van der Waals surface area contributed by atoms with Crippen LogP contribution in [-0.2, 0) is 25.9 Å². The van der Waals surface area contributed by atoms with Gasteiger partial charge >= 0.3 is 0 Å². The summed E-state index contributed by atoms with van der Waals surface area (Å²) in [6.07, 6.45) is 7.43. The van der Waals surface area contributed by atoms with E-state index in [0.717, 1.165) is 38.4 Å². The minimum Gasteiger partial charge on any atom is -0.276 e. The SMILES string of the molecule is CC1C(C(=O)Cl)=CC(S(C)(=O)=O)=C(C2CCCCC2)C1=S=O. The molecule has 0 bridgehead atoms. The number of carbonyl (C=O) groups is 1. The van der Waals surface area contributed by atoms with E-state index in [1.54, 1.807) is 6.92 Å². The van der Waals surface area contributed by atoms with Crippen LogP contribution in [0.3, 0.4) is 0 Å². The molecule has 0 spiro atoms. The zero-order valence-electron chi connectivity index (χ0n) is 12.6. The number of rotatable bonds is 3. The highest BCUT2D eigenvalue weighted by Gasteiger charge is 2.36. The second kappa shape index (κ2) is 6.81. The van der Waals surface area contributed by atoms with Crippen LogP contribution in [0.25, 0.3) is 0 Å².